The van der Waals surface area contributed by atoms with Crippen LogP contribution in [0.25, 0.3) is 0 Å². The number of benzene rings is 3. The van der Waals surface area contributed by atoms with Gasteiger partial charge in [-0.3, -0.25) is 0 Å². The van der Waals surface area contributed by atoms with Gasteiger partial charge in [0.2, 0.25) is 0 Å². The molecule has 1 heterocycles. The van der Waals surface area contributed by atoms with E-state index in [9.17, 15) is 4.79 Å². The zero-order valence-corrected chi connectivity index (χ0v) is 16.0. The molecule has 0 aliphatic carbocycles. The lowest BCUT2D eigenvalue weighted by molar-refractivity contribution is 0.197. The van der Waals surface area contributed by atoms with Crippen LogP contribution in [0, 0.1) is 0 Å². The first kappa shape index (κ1) is 18.1. The molecular formula is C24H24N2O2. The number of fused-ring (bicyclic) bond motifs is 1. The number of carbonyl (C=O) groups excluding carboxylic acids is 1. The van der Waals surface area contributed by atoms with Gasteiger partial charge in [-0.15, -0.1) is 0 Å². The zero-order valence-electron chi connectivity index (χ0n) is 16.0. The molecule has 0 bridgehead atoms. The monoisotopic (exact) mass is 372 g/mol. The quantitative estimate of drug-likeness (QED) is 0.677. The van der Waals surface area contributed by atoms with E-state index in [1.807, 2.05) is 55.5 Å². The molecule has 4 nitrogen and oxygen atoms in total. The molecule has 0 fully saturated rings. The SMILES string of the molecule is CC(NC(=O)Oc1ccc2c(c1)CCN2Cc1ccccc1)c1ccccc1. The van der Waals surface area contributed by atoms with Gasteiger partial charge in [0.1, 0.15) is 5.75 Å². The van der Waals surface area contributed by atoms with Crippen LogP contribution < -0.4 is 15.0 Å². The van der Waals surface area contributed by atoms with Crippen LogP contribution >= 0.6 is 0 Å². The van der Waals surface area contributed by atoms with Crippen molar-refractivity contribution in [1.82, 2.24) is 5.32 Å². The molecule has 142 valence electrons. The van der Waals surface area contributed by atoms with Gasteiger partial charge in [-0.05, 0) is 48.2 Å². The van der Waals surface area contributed by atoms with Gasteiger partial charge in [0.25, 0.3) is 0 Å². The lowest BCUT2D eigenvalue weighted by atomic mass is 10.1. The Morgan fingerprint density at radius 3 is 2.50 bits per heavy atom. The highest BCUT2D eigenvalue weighted by atomic mass is 16.6. The van der Waals surface area contributed by atoms with Gasteiger partial charge in [-0.25, -0.2) is 4.79 Å². The van der Waals surface area contributed by atoms with Gasteiger partial charge in [0.15, 0.2) is 0 Å². The molecule has 1 aliphatic rings. The summed E-state index contributed by atoms with van der Waals surface area (Å²) in [6.45, 7) is 3.81. The molecule has 1 aliphatic heterocycles. The third-order valence-electron chi connectivity index (χ3n) is 5.10. The normalized spacial score (nSPS) is 13.7. The Hall–Kier alpha value is -3.27. The molecule has 1 unspecified atom stereocenters. The van der Waals surface area contributed by atoms with Crippen molar-refractivity contribution in [1.29, 1.82) is 0 Å². The van der Waals surface area contributed by atoms with Crippen molar-refractivity contribution in [2.75, 3.05) is 11.4 Å². The largest absolute Gasteiger partial charge is 0.413 e. The number of hydrogen-bond acceptors (Lipinski definition) is 3. The van der Waals surface area contributed by atoms with Crippen molar-refractivity contribution in [3.8, 4) is 5.75 Å². The van der Waals surface area contributed by atoms with Gasteiger partial charge >= 0.3 is 6.09 Å². The molecule has 28 heavy (non-hydrogen) atoms. The fourth-order valence-corrected chi connectivity index (χ4v) is 3.62. The molecule has 0 saturated heterocycles. The summed E-state index contributed by atoms with van der Waals surface area (Å²) in [5.41, 5.74) is 4.78. The third-order valence-corrected chi connectivity index (χ3v) is 5.10. The lowest BCUT2D eigenvalue weighted by Gasteiger charge is -2.20. The number of rotatable bonds is 5. The molecule has 1 atom stereocenters. The number of anilines is 1. The zero-order chi connectivity index (χ0) is 19.3. The van der Waals surface area contributed by atoms with Crippen LogP contribution in [0.3, 0.4) is 0 Å². The third kappa shape index (κ3) is 4.17. The Morgan fingerprint density at radius 1 is 1.04 bits per heavy atom. The van der Waals surface area contributed by atoms with Gasteiger partial charge in [-0.1, -0.05) is 60.7 Å². The summed E-state index contributed by atoms with van der Waals surface area (Å²) in [5, 5.41) is 2.88. The first-order chi connectivity index (χ1) is 13.7. The summed E-state index contributed by atoms with van der Waals surface area (Å²) >= 11 is 0. The molecule has 1 amide bonds. The second-order valence-electron chi connectivity index (χ2n) is 7.11. The Labute approximate surface area is 165 Å². The lowest BCUT2D eigenvalue weighted by Crippen LogP contribution is -2.29. The number of amides is 1. The Kier molecular flexibility index (Phi) is 5.29. The minimum absolute atomic E-state index is 0.107. The van der Waals surface area contributed by atoms with Crippen molar-refractivity contribution in [2.45, 2.75) is 25.9 Å². The summed E-state index contributed by atoms with van der Waals surface area (Å²) < 4.78 is 5.52. The summed E-state index contributed by atoms with van der Waals surface area (Å²) in [7, 11) is 0. The molecule has 4 heteroatoms. The van der Waals surface area contributed by atoms with Crippen LogP contribution in [-0.2, 0) is 13.0 Å². The molecule has 0 saturated carbocycles. The fraction of sp³-hybridized carbons (Fsp3) is 0.208. The van der Waals surface area contributed by atoms with E-state index >= 15 is 0 Å². The van der Waals surface area contributed by atoms with E-state index in [0.717, 1.165) is 25.1 Å². The second kappa shape index (κ2) is 8.17. The number of nitrogens with one attached hydrogen (secondary N) is 1. The van der Waals surface area contributed by atoms with Gasteiger partial charge < -0.3 is 15.0 Å². The van der Waals surface area contributed by atoms with Crippen LogP contribution in [0.5, 0.6) is 5.75 Å². The molecule has 0 radical (unpaired) electrons. The van der Waals surface area contributed by atoms with E-state index in [2.05, 4.69) is 40.5 Å². The number of ether oxygens (including phenoxy) is 1. The van der Waals surface area contributed by atoms with Crippen LogP contribution in [0.2, 0.25) is 0 Å². The van der Waals surface area contributed by atoms with E-state index in [1.54, 1.807) is 0 Å². The van der Waals surface area contributed by atoms with Gasteiger partial charge in [0.05, 0.1) is 6.04 Å². The standard InChI is InChI=1S/C24H24N2O2/c1-18(20-10-6-3-7-11-20)25-24(27)28-22-12-13-23-21(16-22)14-15-26(23)17-19-8-4-2-5-9-19/h2-13,16,18H,14-15,17H2,1H3,(H,25,27). The maximum absolute atomic E-state index is 12.3. The van der Waals surface area contributed by atoms with Crippen molar-refractivity contribution in [3.05, 3.63) is 95.6 Å². The predicted octanol–water partition coefficient (Wildman–Crippen LogP) is 5.10. The van der Waals surface area contributed by atoms with Crippen LogP contribution in [0.4, 0.5) is 10.5 Å². The second-order valence-corrected chi connectivity index (χ2v) is 7.11. The van der Waals surface area contributed by atoms with E-state index in [-0.39, 0.29) is 6.04 Å². The summed E-state index contributed by atoms with van der Waals surface area (Å²) in [5.74, 6) is 0.582. The predicted molar refractivity (Wildman–Crippen MR) is 112 cm³/mol. The minimum atomic E-state index is -0.435. The Bertz CT molecular complexity index is 941. The molecular weight excluding hydrogens is 348 g/mol. The van der Waals surface area contributed by atoms with E-state index in [0.29, 0.717) is 5.75 Å². The molecule has 1 N–H and O–H groups in total. The van der Waals surface area contributed by atoms with Gasteiger partial charge in [-0.2, -0.15) is 0 Å². The molecule has 0 spiro atoms. The summed E-state index contributed by atoms with van der Waals surface area (Å²) in [6.07, 6.45) is 0.525. The number of hydrogen-bond donors (Lipinski definition) is 1. The summed E-state index contributed by atoms with van der Waals surface area (Å²) in [4.78, 5) is 14.6. The van der Waals surface area contributed by atoms with Crippen molar-refractivity contribution in [2.24, 2.45) is 0 Å². The highest BCUT2D eigenvalue weighted by molar-refractivity contribution is 5.72. The molecule has 3 aromatic rings. The van der Waals surface area contributed by atoms with Crippen LogP contribution in [-0.4, -0.2) is 12.6 Å². The van der Waals surface area contributed by atoms with Crippen molar-refractivity contribution in [3.63, 3.8) is 0 Å². The van der Waals surface area contributed by atoms with Crippen LogP contribution in [0.15, 0.2) is 78.9 Å². The topological polar surface area (TPSA) is 41.6 Å². The maximum Gasteiger partial charge on any atom is 0.413 e. The highest BCUT2D eigenvalue weighted by Crippen LogP contribution is 2.32. The minimum Gasteiger partial charge on any atom is -0.410 e. The Balaban J connectivity index is 1.39. The molecule has 3 aromatic carbocycles. The average molecular weight is 372 g/mol. The van der Waals surface area contributed by atoms with E-state index < -0.39 is 6.09 Å². The summed E-state index contributed by atoms with van der Waals surface area (Å²) in [6, 6.07) is 26.1. The molecule has 0 aromatic heterocycles. The van der Waals surface area contributed by atoms with Crippen molar-refractivity contribution >= 4 is 11.8 Å². The average Bonchev–Trinajstić information content (AvgIpc) is 3.11. The smallest absolute Gasteiger partial charge is 0.410 e. The first-order valence-corrected chi connectivity index (χ1v) is 9.64. The Morgan fingerprint density at radius 2 is 1.75 bits per heavy atom. The number of carbonyl (C=O) groups is 1. The fourth-order valence-electron chi connectivity index (χ4n) is 3.62. The number of nitrogens with zero attached hydrogens (tertiary/aromatic N) is 1. The van der Waals surface area contributed by atoms with E-state index in [1.165, 1.54) is 16.8 Å². The van der Waals surface area contributed by atoms with Crippen molar-refractivity contribution < 1.29 is 9.53 Å². The maximum atomic E-state index is 12.3. The highest BCUT2D eigenvalue weighted by Gasteiger charge is 2.20. The van der Waals surface area contributed by atoms with E-state index in [4.69, 9.17) is 4.74 Å². The van der Waals surface area contributed by atoms with Gasteiger partial charge in [0, 0.05) is 18.8 Å². The first-order valence-electron chi connectivity index (χ1n) is 9.64. The molecule has 4 rings (SSSR count). The van der Waals surface area contributed by atoms with Crippen LogP contribution in [0.1, 0.15) is 29.7 Å².